The van der Waals surface area contributed by atoms with Crippen LogP contribution in [0.3, 0.4) is 0 Å². The summed E-state index contributed by atoms with van der Waals surface area (Å²) in [4.78, 5) is 14.1. The van der Waals surface area contributed by atoms with Crippen LogP contribution in [0.4, 0.5) is 5.69 Å². The Kier molecular flexibility index (Phi) is 5.59. The quantitative estimate of drug-likeness (QED) is 0.794. The summed E-state index contributed by atoms with van der Waals surface area (Å²) < 4.78 is 1.10. The molecule has 0 aliphatic carbocycles. The second kappa shape index (κ2) is 7.21. The highest BCUT2D eigenvalue weighted by atomic mass is 127. The molecule has 19 heavy (non-hydrogen) atoms. The van der Waals surface area contributed by atoms with Gasteiger partial charge in [0.25, 0.3) is 0 Å². The summed E-state index contributed by atoms with van der Waals surface area (Å²) in [5, 5.41) is 12.2. The molecule has 1 aliphatic heterocycles. The first-order valence-electron chi connectivity index (χ1n) is 6.59. The normalized spacial score (nSPS) is 20.2. The summed E-state index contributed by atoms with van der Waals surface area (Å²) in [5.74, 6) is -0.0117. The van der Waals surface area contributed by atoms with Crippen molar-refractivity contribution in [1.82, 2.24) is 4.90 Å². The van der Waals surface area contributed by atoms with E-state index in [1.54, 1.807) is 0 Å². The topological polar surface area (TPSA) is 52.6 Å². The Morgan fingerprint density at radius 3 is 3.05 bits per heavy atom. The van der Waals surface area contributed by atoms with Crippen molar-refractivity contribution in [2.24, 2.45) is 0 Å². The Morgan fingerprint density at radius 1 is 1.47 bits per heavy atom. The number of hydrogen-bond acceptors (Lipinski definition) is 3. The number of halogens is 1. The maximum atomic E-state index is 12.0. The van der Waals surface area contributed by atoms with Crippen LogP contribution in [0.1, 0.15) is 19.3 Å². The van der Waals surface area contributed by atoms with Crippen LogP contribution in [0.2, 0.25) is 0 Å². The number of hydrogen-bond donors (Lipinski definition) is 2. The number of carbonyl (C=O) groups excluding carboxylic acids is 1. The number of rotatable bonds is 4. The lowest BCUT2D eigenvalue weighted by molar-refractivity contribution is -0.118. The Labute approximate surface area is 127 Å². The van der Waals surface area contributed by atoms with Crippen LogP contribution in [0, 0.1) is 3.57 Å². The Balaban J connectivity index is 1.90. The average Bonchev–Trinajstić information content (AvgIpc) is 2.39. The van der Waals surface area contributed by atoms with Crippen molar-refractivity contribution in [3.63, 3.8) is 0 Å². The monoisotopic (exact) mass is 374 g/mol. The highest BCUT2D eigenvalue weighted by molar-refractivity contribution is 14.1. The number of nitrogens with zero attached hydrogens (tertiary/aromatic N) is 1. The molecule has 1 aliphatic rings. The molecule has 1 atom stereocenters. The van der Waals surface area contributed by atoms with Gasteiger partial charge in [-0.15, -0.1) is 0 Å². The molecular weight excluding hydrogens is 355 g/mol. The summed E-state index contributed by atoms with van der Waals surface area (Å²) >= 11 is 2.22. The van der Waals surface area contributed by atoms with E-state index in [1.165, 1.54) is 0 Å². The van der Waals surface area contributed by atoms with Crippen molar-refractivity contribution in [2.75, 3.05) is 25.0 Å². The lowest BCUT2D eigenvalue weighted by Crippen LogP contribution is -2.45. The van der Waals surface area contributed by atoms with Gasteiger partial charge in [-0.3, -0.25) is 9.69 Å². The Hall–Kier alpha value is -0.660. The van der Waals surface area contributed by atoms with Crippen LogP contribution < -0.4 is 5.32 Å². The average molecular weight is 374 g/mol. The van der Waals surface area contributed by atoms with E-state index in [0.29, 0.717) is 6.54 Å². The number of carbonyl (C=O) groups is 1. The van der Waals surface area contributed by atoms with Crippen molar-refractivity contribution in [2.45, 2.75) is 25.3 Å². The van der Waals surface area contributed by atoms with Gasteiger partial charge in [0.15, 0.2) is 0 Å². The molecule has 2 rings (SSSR count). The third-order valence-electron chi connectivity index (χ3n) is 3.41. The highest BCUT2D eigenvalue weighted by Gasteiger charge is 2.23. The number of amides is 1. The summed E-state index contributed by atoms with van der Waals surface area (Å²) in [6, 6.07) is 7.88. The molecule has 1 saturated heterocycles. The molecule has 0 spiro atoms. The van der Waals surface area contributed by atoms with Crippen LogP contribution in [0.15, 0.2) is 24.3 Å². The lowest BCUT2D eigenvalue weighted by atomic mass is 10.0. The molecule has 2 N–H and O–H groups in total. The minimum absolute atomic E-state index is 0.0117. The van der Waals surface area contributed by atoms with E-state index in [4.69, 9.17) is 0 Å². The third-order valence-corrected chi connectivity index (χ3v) is 4.09. The summed E-state index contributed by atoms with van der Waals surface area (Å²) in [6.07, 6.45) is 3.22. The molecular formula is C14H19IN2O2. The van der Waals surface area contributed by atoms with Gasteiger partial charge in [-0.2, -0.15) is 0 Å². The van der Waals surface area contributed by atoms with Crippen molar-refractivity contribution in [3.8, 4) is 0 Å². The van der Waals surface area contributed by atoms with Crippen molar-refractivity contribution >= 4 is 34.2 Å². The van der Waals surface area contributed by atoms with Crippen LogP contribution >= 0.6 is 22.6 Å². The van der Waals surface area contributed by atoms with Gasteiger partial charge in [-0.05, 0) is 60.2 Å². The van der Waals surface area contributed by atoms with Crippen LogP contribution in [0.25, 0.3) is 0 Å². The fourth-order valence-electron chi connectivity index (χ4n) is 2.43. The first kappa shape index (κ1) is 14.7. The van der Waals surface area contributed by atoms with Crippen molar-refractivity contribution in [1.29, 1.82) is 0 Å². The van der Waals surface area contributed by atoms with Gasteiger partial charge in [0.1, 0.15) is 0 Å². The number of aliphatic hydroxyl groups is 1. The molecule has 1 aromatic rings. The molecule has 1 aromatic carbocycles. The van der Waals surface area contributed by atoms with Gasteiger partial charge >= 0.3 is 0 Å². The predicted octanol–water partition coefficient (Wildman–Crippen LogP) is 2.08. The fourth-order valence-corrected chi connectivity index (χ4v) is 2.97. The van der Waals surface area contributed by atoms with E-state index in [1.807, 2.05) is 24.3 Å². The number of piperidine rings is 1. The maximum Gasteiger partial charge on any atom is 0.238 e. The minimum Gasteiger partial charge on any atom is -0.395 e. The molecule has 1 amide bonds. The van der Waals surface area contributed by atoms with E-state index in [-0.39, 0.29) is 18.6 Å². The molecule has 4 nitrogen and oxygen atoms in total. The van der Waals surface area contributed by atoms with Crippen LogP contribution in [-0.2, 0) is 4.79 Å². The number of anilines is 1. The van der Waals surface area contributed by atoms with Crippen molar-refractivity contribution < 1.29 is 9.90 Å². The molecule has 104 valence electrons. The zero-order chi connectivity index (χ0) is 13.7. The zero-order valence-corrected chi connectivity index (χ0v) is 13.0. The molecule has 0 bridgehead atoms. The van der Waals surface area contributed by atoms with Crippen molar-refractivity contribution in [3.05, 3.63) is 27.8 Å². The van der Waals surface area contributed by atoms with Gasteiger partial charge < -0.3 is 10.4 Å². The first-order chi connectivity index (χ1) is 9.19. The standard InChI is InChI=1S/C14H19IN2O2/c15-11-4-3-5-12(8-11)16-14(19)9-17-7-2-1-6-13(17)10-18/h3-5,8,13,18H,1-2,6-7,9-10H2,(H,16,19). The number of likely N-dealkylation sites (tertiary alicyclic amines) is 1. The molecule has 0 saturated carbocycles. The van der Waals surface area contributed by atoms with E-state index in [2.05, 4.69) is 32.8 Å². The number of benzene rings is 1. The smallest absolute Gasteiger partial charge is 0.238 e. The Bertz CT molecular complexity index is 439. The van der Waals surface area contributed by atoms with Crippen LogP contribution in [0.5, 0.6) is 0 Å². The van der Waals surface area contributed by atoms with E-state index < -0.39 is 0 Å². The third kappa shape index (κ3) is 4.43. The van der Waals surface area contributed by atoms with E-state index in [0.717, 1.165) is 35.1 Å². The van der Waals surface area contributed by atoms with Gasteiger partial charge in [-0.25, -0.2) is 0 Å². The minimum atomic E-state index is -0.0117. The maximum absolute atomic E-state index is 12.0. The largest absolute Gasteiger partial charge is 0.395 e. The summed E-state index contributed by atoms with van der Waals surface area (Å²) in [7, 11) is 0. The molecule has 5 heteroatoms. The van der Waals surface area contributed by atoms with Gasteiger partial charge in [0.05, 0.1) is 13.2 Å². The lowest BCUT2D eigenvalue weighted by Gasteiger charge is -2.33. The van der Waals surface area contributed by atoms with Crippen LogP contribution in [-0.4, -0.2) is 41.7 Å². The summed E-state index contributed by atoms with van der Waals surface area (Å²) in [5.41, 5.74) is 0.828. The fraction of sp³-hybridized carbons (Fsp3) is 0.500. The van der Waals surface area contributed by atoms with E-state index >= 15 is 0 Å². The summed E-state index contributed by atoms with van der Waals surface area (Å²) in [6.45, 7) is 1.39. The molecule has 1 unspecified atom stereocenters. The van der Waals surface area contributed by atoms with E-state index in [9.17, 15) is 9.90 Å². The predicted molar refractivity (Wildman–Crippen MR) is 84.1 cm³/mol. The SMILES string of the molecule is O=C(CN1CCCCC1CO)Nc1cccc(I)c1. The van der Waals surface area contributed by atoms with Gasteiger partial charge in [0.2, 0.25) is 5.91 Å². The molecule has 0 radical (unpaired) electrons. The second-order valence-electron chi connectivity index (χ2n) is 4.86. The Morgan fingerprint density at radius 2 is 2.32 bits per heavy atom. The number of aliphatic hydroxyl groups excluding tert-OH is 1. The highest BCUT2D eigenvalue weighted by Crippen LogP contribution is 2.17. The second-order valence-corrected chi connectivity index (χ2v) is 6.11. The first-order valence-corrected chi connectivity index (χ1v) is 7.67. The molecule has 0 aromatic heterocycles. The molecule has 1 fully saturated rings. The molecule has 1 heterocycles. The zero-order valence-electron chi connectivity index (χ0n) is 10.8. The van der Waals surface area contributed by atoms with Gasteiger partial charge in [-0.1, -0.05) is 12.5 Å². The number of nitrogens with one attached hydrogen (secondary N) is 1. The van der Waals surface area contributed by atoms with Gasteiger partial charge in [0, 0.05) is 15.3 Å².